The molecular weight excluding hydrogens is 204 g/mol. The molecule has 4 nitrogen and oxygen atoms in total. The first-order chi connectivity index (χ1) is 6.45. The number of aldehydes is 1. The minimum atomic E-state index is -3.25. The number of hydrogen-bond acceptors (Lipinski definition) is 4. The third kappa shape index (κ3) is 2.26. The lowest BCUT2D eigenvalue weighted by molar-refractivity contribution is -0.104. The van der Waals surface area contributed by atoms with Crippen molar-refractivity contribution in [3.8, 4) is 0 Å². The molecule has 0 aliphatic carbocycles. The highest BCUT2D eigenvalue weighted by Gasteiger charge is 2.08. The van der Waals surface area contributed by atoms with E-state index in [1.807, 2.05) is 0 Å². The van der Waals surface area contributed by atoms with Crippen LogP contribution in [0.5, 0.6) is 0 Å². The summed E-state index contributed by atoms with van der Waals surface area (Å²) in [6.45, 7) is 0. The summed E-state index contributed by atoms with van der Waals surface area (Å²) >= 11 is 0. The van der Waals surface area contributed by atoms with Crippen molar-refractivity contribution in [2.45, 2.75) is 4.90 Å². The minimum Gasteiger partial charge on any atom is -0.294 e. The number of ketones is 1. The van der Waals surface area contributed by atoms with Crippen LogP contribution in [0.1, 0.15) is 10.4 Å². The lowest BCUT2D eigenvalue weighted by Gasteiger charge is -1.98. The zero-order valence-corrected chi connectivity index (χ0v) is 8.24. The second-order valence-electron chi connectivity index (χ2n) is 2.78. The van der Waals surface area contributed by atoms with Gasteiger partial charge in [-0.3, -0.25) is 9.59 Å². The third-order valence-corrected chi connectivity index (χ3v) is 2.80. The SMILES string of the molecule is CS(=O)(=O)c1ccc(C(=O)C=O)cc1. The molecule has 0 spiro atoms. The van der Waals surface area contributed by atoms with Crippen LogP contribution in [0, 0.1) is 0 Å². The summed E-state index contributed by atoms with van der Waals surface area (Å²) in [6, 6.07) is 5.22. The van der Waals surface area contributed by atoms with Crippen molar-refractivity contribution in [2.24, 2.45) is 0 Å². The standard InChI is InChI=1S/C9H8O4S/c1-14(12,13)8-4-2-7(3-5-8)9(11)6-10/h2-6H,1H3. The Kier molecular flexibility index (Phi) is 2.81. The summed E-state index contributed by atoms with van der Waals surface area (Å²) in [4.78, 5) is 21.1. The monoisotopic (exact) mass is 212 g/mol. The number of rotatable bonds is 3. The van der Waals surface area contributed by atoms with E-state index in [2.05, 4.69) is 0 Å². The van der Waals surface area contributed by atoms with Crippen LogP contribution in [0.2, 0.25) is 0 Å². The second kappa shape index (κ2) is 3.71. The van der Waals surface area contributed by atoms with Crippen LogP contribution in [0.4, 0.5) is 0 Å². The predicted molar refractivity (Wildman–Crippen MR) is 49.9 cm³/mol. The molecule has 0 heterocycles. The zero-order valence-electron chi connectivity index (χ0n) is 7.43. The van der Waals surface area contributed by atoms with E-state index in [0.29, 0.717) is 0 Å². The molecule has 5 heteroatoms. The van der Waals surface area contributed by atoms with Gasteiger partial charge in [0.05, 0.1) is 4.90 Å². The highest BCUT2D eigenvalue weighted by molar-refractivity contribution is 7.90. The van der Waals surface area contributed by atoms with Crippen molar-refractivity contribution in [1.82, 2.24) is 0 Å². The summed E-state index contributed by atoms with van der Waals surface area (Å²) in [5.74, 6) is -0.662. The van der Waals surface area contributed by atoms with Gasteiger partial charge < -0.3 is 0 Å². The Morgan fingerprint density at radius 2 is 1.71 bits per heavy atom. The van der Waals surface area contributed by atoms with Crippen LogP contribution in [-0.2, 0) is 14.6 Å². The molecule has 14 heavy (non-hydrogen) atoms. The first-order valence-electron chi connectivity index (χ1n) is 3.75. The van der Waals surface area contributed by atoms with Gasteiger partial charge in [-0.1, -0.05) is 0 Å². The van der Waals surface area contributed by atoms with Crippen molar-refractivity contribution in [2.75, 3.05) is 6.26 Å². The molecule has 0 saturated carbocycles. The lowest BCUT2D eigenvalue weighted by atomic mass is 10.1. The van der Waals surface area contributed by atoms with Crippen molar-refractivity contribution >= 4 is 21.9 Å². The quantitative estimate of drug-likeness (QED) is 0.415. The number of sulfone groups is 1. The molecule has 0 bridgehead atoms. The number of Topliss-reactive ketones (excluding diaryl/α,β-unsaturated/α-hetero) is 1. The topological polar surface area (TPSA) is 68.3 Å². The summed E-state index contributed by atoms with van der Waals surface area (Å²) in [5, 5.41) is 0. The Morgan fingerprint density at radius 3 is 2.07 bits per heavy atom. The molecule has 1 aromatic carbocycles. The molecule has 74 valence electrons. The molecular formula is C9H8O4S. The maximum absolute atomic E-state index is 11.0. The van der Waals surface area contributed by atoms with Crippen LogP contribution in [0.3, 0.4) is 0 Å². The number of carbonyl (C=O) groups is 2. The van der Waals surface area contributed by atoms with E-state index in [-0.39, 0.29) is 16.7 Å². The van der Waals surface area contributed by atoms with Gasteiger partial charge in [0.2, 0.25) is 5.78 Å². The summed E-state index contributed by atoms with van der Waals surface area (Å²) in [5.41, 5.74) is 0.187. The summed E-state index contributed by atoms with van der Waals surface area (Å²) in [6.07, 6.45) is 1.26. The number of carbonyl (C=O) groups excluding carboxylic acids is 2. The van der Waals surface area contributed by atoms with Gasteiger partial charge in [0.1, 0.15) is 0 Å². The van der Waals surface area contributed by atoms with Gasteiger partial charge in [-0.05, 0) is 24.3 Å². The Labute approximate surface area is 81.5 Å². The maximum Gasteiger partial charge on any atom is 0.225 e. The van der Waals surface area contributed by atoms with Gasteiger partial charge in [0.15, 0.2) is 16.1 Å². The average molecular weight is 212 g/mol. The third-order valence-electron chi connectivity index (χ3n) is 1.67. The molecule has 0 fully saturated rings. The van der Waals surface area contributed by atoms with Gasteiger partial charge in [0, 0.05) is 11.8 Å². The van der Waals surface area contributed by atoms with E-state index >= 15 is 0 Å². The first-order valence-corrected chi connectivity index (χ1v) is 5.64. The smallest absolute Gasteiger partial charge is 0.225 e. The zero-order chi connectivity index (χ0) is 10.8. The fourth-order valence-corrected chi connectivity index (χ4v) is 1.56. The summed E-state index contributed by atoms with van der Waals surface area (Å²) < 4.78 is 22.1. The minimum absolute atomic E-state index is 0.125. The first kappa shape index (κ1) is 10.6. The largest absolute Gasteiger partial charge is 0.294 e. The molecule has 0 saturated heterocycles. The lowest BCUT2D eigenvalue weighted by Crippen LogP contribution is -2.01. The van der Waals surface area contributed by atoms with Gasteiger partial charge in [-0.25, -0.2) is 8.42 Å². The highest BCUT2D eigenvalue weighted by atomic mass is 32.2. The fourth-order valence-electron chi connectivity index (χ4n) is 0.934. The highest BCUT2D eigenvalue weighted by Crippen LogP contribution is 2.10. The van der Waals surface area contributed by atoms with Gasteiger partial charge in [0.25, 0.3) is 0 Å². The van der Waals surface area contributed by atoms with Gasteiger partial charge in [-0.2, -0.15) is 0 Å². The van der Waals surface area contributed by atoms with Crippen molar-refractivity contribution in [3.05, 3.63) is 29.8 Å². The molecule has 0 aliphatic heterocycles. The van der Waals surface area contributed by atoms with Crippen molar-refractivity contribution in [1.29, 1.82) is 0 Å². The Balaban J connectivity index is 3.13. The molecule has 0 unspecified atom stereocenters. The molecule has 0 aromatic heterocycles. The van der Waals surface area contributed by atoms with E-state index in [0.717, 1.165) is 6.26 Å². The van der Waals surface area contributed by atoms with Crippen molar-refractivity contribution < 1.29 is 18.0 Å². The van der Waals surface area contributed by atoms with Crippen LogP contribution in [0.15, 0.2) is 29.2 Å². The second-order valence-corrected chi connectivity index (χ2v) is 4.79. The maximum atomic E-state index is 11.0. The van der Waals surface area contributed by atoms with Crippen LogP contribution >= 0.6 is 0 Å². The average Bonchev–Trinajstić information content (AvgIpc) is 2.15. The molecule has 1 rings (SSSR count). The van der Waals surface area contributed by atoms with E-state index in [9.17, 15) is 18.0 Å². The molecule has 0 radical (unpaired) electrons. The molecule has 0 amide bonds. The van der Waals surface area contributed by atoms with Crippen LogP contribution in [-0.4, -0.2) is 26.7 Å². The molecule has 0 atom stereocenters. The van der Waals surface area contributed by atoms with Crippen LogP contribution in [0.25, 0.3) is 0 Å². The van der Waals surface area contributed by atoms with E-state index in [1.54, 1.807) is 0 Å². The van der Waals surface area contributed by atoms with E-state index < -0.39 is 15.6 Å². The normalized spacial score (nSPS) is 10.9. The van der Waals surface area contributed by atoms with Crippen molar-refractivity contribution in [3.63, 3.8) is 0 Å². The van der Waals surface area contributed by atoms with E-state index in [4.69, 9.17) is 0 Å². The molecule has 1 aromatic rings. The fraction of sp³-hybridized carbons (Fsp3) is 0.111. The Morgan fingerprint density at radius 1 is 1.21 bits per heavy atom. The molecule has 0 N–H and O–H groups in total. The Bertz CT molecular complexity index is 456. The number of benzene rings is 1. The number of hydrogen-bond donors (Lipinski definition) is 0. The molecule has 0 aliphatic rings. The van der Waals surface area contributed by atoms with Gasteiger partial charge >= 0.3 is 0 Å². The van der Waals surface area contributed by atoms with Crippen LogP contribution < -0.4 is 0 Å². The van der Waals surface area contributed by atoms with E-state index in [1.165, 1.54) is 24.3 Å². The Hall–Kier alpha value is -1.49. The predicted octanol–water partition coefficient (Wildman–Crippen LogP) is 0.472. The summed E-state index contributed by atoms with van der Waals surface area (Å²) in [7, 11) is -3.25. The van der Waals surface area contributed by atoms with Gasteiger partial charge in [-0.15, -0.1) is 0 Å².